The van der Waals surface area contributed by atoms with Crippen molar-refractivity contribution in [3.05, 3.63) is 71.3 Å². The number of hydrogen-bond donors (Lipinski definition) is 1. The molecule has 2 aliphatic heterocycles. The van der Waals surface area contributed by atoms with Gasteiger partial charge in [0, 0.05) is 45.6 Å². The van der Waals surface area contributed by atoms with E-state index in [1.54, 1.807) is 17.3 Å². The molecule has 2 saturated heterocycles. The fourth-order valence-corrected chi connectivity index (χ4v) is 6.24. The van der Waals surface area contributed by atoms with Crippen LogP contribution in [0.1, 0.15) is 47.2 Å². The number of urea groups is 1. The number of benzene rings is 2. The summed E-state index contributed by atoms with van der Waals surface area (Å²) in [4.78, 5) is 65.9. The van der Waals surface area contributed by atoms with Crippen LogP contribution in [0.25, 0.3) is 11.0 Å². The zero-order valence-electron chi connectivity index (χ0n) is 24.3. The minimum atomic E-state index is -4.77. The third-order valence-electron chi connectivity index (χ3n) is 8.93. The van der Waals surface area contributed by atoms with Gasteiger partial charge in [0.1, 0.15) is 11.9 Å². The molecule has 0 bridgehead atoms. The number of carbonyl (C=O) groups is 4. The Bertz CT molecular complexity index is 1690. The Balaban J connectivity index is 1.14. The summed E-state index contributed by atoms with van der Waals surface area (Å²) in [5.41, 5.74) is -0.669. The van der Waals surface area contributed by atoms with Gasteiger partial charge < -0.3 is 15.1 Å². The maximum absolute atomic E-state index is 14.4. The third kappa shape index (κ3) is 5.92. The van der Waals surface area contributed by atoms with Crippen molar-refractivity contribution < 1.29 is 36.7 Å². The topological polar surface area (TPSA) is 116 Å². The maximum atomic E-state index is 14.4. The van der Waals surface area contributed by atoms with E-state index in [0.717, 1.165) is 10.5 Å². The van der Waals surface area contributed by atoms with Gasteiger partial charge in [0.2, 0.25) is 11.8 Å². The number of aromatic nitrogens is 2. The average molecular weight is 627 g/mol. The number of likely N-dealkylation sites (tertiary alicyclic amines) is 1. The van der Waals surface area contributed by atoms with E-state index in [-0.39, 0.29) is 50.8 Å². The summed E-state index contributed by atoms with van der Waals surface area (Å²) in [5, 5.41) is 2.48. The highest BCUT2D eigenvalue weighted by Crippen LogP contribution is 2.40. The minimum absolute atomic E-state index is 0.160. The molecule has 1 saturated carbocycles. The lowest BCUT2D eigenvalue weighted by atomic mass is 9.75. The molecule has 1 atom stereocenters. The molecule has 3 heterocycles. The van der Waals surface area contributed by atoms with Crippen LogP contribution in [-0.2, 0) is 22.3 Å². The molecule has 2 aromatic carbocycles. The largest absolute Gasteiger partial charge is 0.416 e. The molecule has 1 N–H and O–H groups in total. The smallest absolute Gasteiger partial charge is 0.341 e. The molecular weight excluding hydrogens is 596 g/mol. The Hall–Kier alpha value is -4.62. The first kappa shape index (κ1) is 30.4. The van der Waals surface area contributed by atoms with Crippen LogP contribution in [0.4, 0.5) is 22.4 Å². The monoisotopic (exact) mass is 626 g/mol. The molecule has 1 spiro atoms. The summed E-state index contributed by atoms with van der Waals surface area (Å²) in [7, 11) is 1.44. The SMILES string of the molecule is CN1C(=O)N(Cc2ccc3nccnc3c2)CC2(CCN(C(=O)[C@H](NC(=O)c3cc(C(F)(F)F)ccc3F)C3CC3)CC2)C1=O. The molecule has 0 unspecified atom stereocenters. The van der Waals surface area contributed by atoms with Crippen molar-refractivity contribution in [2.75, 3.05) is 26.7 Å². The first-order chi connectivity index (χ1) is 21.4. The van der Waals surface area contributed by atoms with Gasteiger partial charge in [-0.3, -0.25) is 29.3 Å². The molecule has 5 amide bonds. The van der Waals surface area contributed by atoms with Crippen LogP contribution in [0.15, 0.2) is 48.8 Å². The van der Waals surface area contributed by atoms with E-state index in [9.17, 15) is 36.7 Å². The van der Waals surface area contributed by atoms with Gasteiger partial charge in [-0.15, -0.1) is 0 Å². The predicted octanol–water partition coefficient (Wildman–Crippen LogP) is 4.00. The van der Waals surface area contributed by atoms with Crippen LogP contribution < -0.4 is 5.32 Å². The molecule has 14 heteroatoms. The number of halogens is 4. The number of piperidine rings is 1. The number of amides is 5. The highest BCUT2D eigenvalue weighted by Gasteiger charge is 2.51. The lowest BCUT2D eigenvalue weighted by molar-refractivity contribution is -0.150. The van der Waals surface area contributed by atoms with Crippen molar-refractivity contribution in [2.24, 2.45) is 11.3 Å². The zero-order valence-corrected chi connectivity index (χ0v) is 24.3. The average Bonchev–Trinajstić information content (AvgIpc) is 3.86. The van der Waals surface area contributed by atoms with Crippen molar-refractivity contribution in [3.8, 4) is 0 Å². The number of rotatable bonds is 6. The van der Waals surface area contributed by atoms with E-state index >= 15 is 0 Å². The van der Waals surface area contributed by atoms with Crippen molar-refractivity contribution >= 4 is 34.8 Å². The van der Waals surface area contributed by atoms with Crippen molar-refractivity contribution in [2.45, 2.75) is 44.4 Å². The lowest BCUT2D eigenvalue weighted by Crippen LogP contribution is -2.64. The molecule has 0 radical (unpaired) electrons. The second kappa shape index (κ2) is 11.4. The van der Waals surface area contributed by atoms with Gasteiger partial charge in [0.15, 0.2) is 0 Å². The normalized spacial score (nSPS) is 19.3. The first-order valence-electron chi connectivity index (χ1n) is 14.6. The molecule has 6 rings (SSSR count). The van der Waals surface area contributed by atoms with Crippen LogP contribution in [0, 0.1) is 17.2 Å². The molecule has 45 heavy (non-hydrogen) atoms. The molecule has 10 nitrogen and oxygen atoms in total. The number of fused-ring (bicyclic) bond motifs is 1. The van der Waals surface area contributed by atoms with E-state index in [2.05, 4.69) is 15.3 Å². The number of nitrogens with zero attached hydrogens (tertiary/aromatic N) is 5. The van der Waals surface area contributed by atoms with E-state index in [1.165, 1.54) is 11.9 Å². The second-order valence-corrected chi connectivity index (χ2v) is 12.0. The Kier molecular flexibility index (Phi) is 7.69. The van der Waals surface area contributed by atoms with Crippen LogP contribution in [-0.4, -0.2) is 81.1 Å². The van der Waals surface area contributed by atoms with Gasteiger partial charge in [-0.2, -0.15) is 13.2 Å². The van der Waals surface area contributed by atoms with Gasteiger partial charge in [0.05, 0.1) is 27.6 Å². The van der Waals surface area contributed by atoms with Gasteiger partial charge in [0.25, 0.3) is 5.91 Å². The Morgan fingerprint density at radius 1 is 1.02 bits per heavy atom. The number of hydrogen-bond acceptors (Lipinski definition) is 6. The molecule has 236 valence electrons. The van der Waals surface area contributed by atoms with Crippen LogP contribution in [0.2, 0.25) is 0 Å². The summed E-state index contributed by atoms with van der Waals surface area (Å²) < 4.78 is 53.9. The summed E-state index contributed by atoms with van der Waals surface area (Å²) in [6.45, 7) is 0.744. The summed E-state index contributed by atoms with van der Waals surface area (Å²) in [6.07, 6.45) is 0.185. The maximum Gasteiger partial charge on any atom is 0.416 e. The van der Waals surface area contributed by atoms with Crippen molar-refractivity contribution in [1.29, 1.82) is 0 Å². The molecule has 3 fully saturated rings. The Labute approximate surface area is 255 Å². The van der Waals surface area contributed by atoms with Crippen LogP contribution in [0.3, 0.4) is 0 Å². The highest BCUT2D eigenvalue weighted by molar-refractivity contribution is 6.00. The molecule has 1 aromatic heterocycles. The molecular formula is C31H30F4N6O4. The van der Waals surface area contributed by atoms with Gasteiger partial charge in [-0.05, 0) is 67.5 Å². The molecule has 3 aromatic rings. The van der Waals surface area contributed by atoms with Crippen molar-refractivity contribution in [3.63, 3.8) is 0 Å². The zero-order chi connectivity index (χ0) is 32.1. The van der Waals surface area contributed by atoms with E-state index < -0.39 is 52.4 Å². The molecule has 1 aliphatic carbocycles. The van der Waals surface area contributed by atoms with Gasteiger partial charge in [-0.1, -0.05) is 6.07 Å². The van der Waals surface area contributed by atoms with Gasteiger partial charge >= 0.3 is 12.2 Å². The number of imide groups is 1. The van der Waals surface area contributed by atoms with E-state index in [1.807, 2.05) is 18.2 Å². The molecule has 3 aliphatic rings. The summed E-state index contributed by atoms with van der Waals surface area (Å²) in [5.74, 6) is -3.22. The second-order valence-electron chi connectivity index (χ2n) is 12.0. The fourth-order valence-electron chi connectivity index (χ4n) is 6.24. The van der Waals surface area contributed by atoms with Crippen molar-refractivity contribution in [1.82, 2.24) is 30.0 Å². The number of alkyl halides is 3. The van der Waals surface area contributed by atoms with Crippen LogP contribution >= 0.6 is 0 Å². The van der Waals surface area contributed by atoms with Crippen LogP contribution in [0.5, 0.6) is 0 Å². The Morgan fingerprint density at radius 3 is 2.38 bits per heavy atom. The standard InChI is InChI=1S/C31H30F4N6O4/c1-39-28(44)30(17-41(29(39)45)16-18-2-7-23-24(14-18)37-11-10-36-23)8-12-40(13-9-30)27(43)25(19-3-4-19)38-26(42)21-15-20(31(33,34)35)5-6-22(21)32/h2,5-7,10-11,14-15,19,25H,3-4,8-9,12-13,16-17H2,1H3,(H,38,42)/t25-/m1/s1. The Morgan fingerprint density at radius 2 is 1.71 bits per heavy atom. The predicted molar refractivity (Wildman–Crippen MR) is 152 cm³/mol. The minimum Gasteiger partial charge on any atom is -0.341 e. The summed E-state index contributed by atoms with van der Waals surface area (Å²) >= 11 is 0. The number of carbonyl (C=O) groups excluding carboxylic acids is 4. The first-order valence-corrected chi connectivity index (χ1v) is 14.6. The van der Waals surface area contributed by atoms with E-state index in [4.69, 9.17) is 0 Å². The highest BCUT2D eigenvalue weighted by atomic mass is 19.4. The quantitative estimate of drug-likeness (QED) is 0.414. The van der Waals surface area contributed by atoms with E-state index in [0.29, 0.717) is 42.1 Å². The third-order valence-corrected chi connectivity index (χ3v) is 8.93. The summed E-state index contributed by atoms with van der Waals surface area (Å²) in [6, 6.07) is 5.61. The number of nitrogens with one attached hydrogen (secondary N) is 1. The van der Waals surface area contributed by atoms with Gasteiger partial charge in [-0.25, -0.2) is 9.18 Å². The lowest BCUT2D eigenvalue weighted by Gasteiger charge is -2.48. The fraction of sp³-hybridized carbons (Fsp3) is 0.419.